The van der Waals surface area contributed by atoms with Gasteiger partial charge in [-0.25, -0.2) is 0 Å². The Balaban J connectivity index is 1.89. The number of hydrogen-bond donors (Lipinski definition) is 1. The molecule has 0 aliphatic carbocycles. The molecular weight excluding hydrogens is 260 g/mol. The van der Waals surface area contributed by atoms with Gasteiger partial charge in [0.15, 0.2) is 0 Å². The van der Waals surface area contributed by atoms with Crippen LogP contribution in [0.2, 0.25) is 0 Å². The van der Waals surface area contributed by atoms with Gasteiger partial charge < -0.3 is 10.0 Å². The molecule has 1 aromatic heterocycles. The van der Waals surface area contributed by atoms with Gasteiger partial charge in [0.05, 0.1) is 5.69 Å². The molecule has 21 heavy (non-hydrogen) atoms. The van der Waals surface area contributed by atoms with Crippen molar-refractivity contribution in [1.29, 1.82) is 0 Å². The average molecular weight is 284 g/mol. The van der Waals surface area contributed by atoms with Crippen LogP contribution < -0.4 is 0 Å². The van der Waals surface area contributed by atoms with Gasteiger partial charge in [-0.1, -0.05) is 31.2 Å². The zero-order chi connectivity index (χ0) is 14.9. The van der Waals surface area contributed by atoms with Crippen molar-refractivity contribution >= 4 is 10.8 Å². The van der Waals surface area contributed by atoms with Gasteiger partial charge in [-0.05, 0) is 37.6 Å². The van der Waals surface area contributed by atoms with E-state index in [4.69, 9.17) is 0 Å². The number of rotatable bonds is 3. The smallest absolute Gasteiger partial charge is 0.110 e. The van der Waals surface area contributed by atoms with Crippen LogP contribution in [0.5, 0.6) is 0 Å². The van der Waals surface area contributed by atoms with Crippen molar-refractivity contribution in [1.82, 2.24) is 9.88 Å². The summed E-state index contributed by atoms with van der Waals surface area (Å²) >= 11 is 0. The Bertz CT molecular complexity index is 612. The predicted molar refractivity (Wildman–Crippen MR) is 86.2 cm³/mol. The first kappa shape index (κ1) is 14.5. The lowest BCUT2D eigenvalue weighted by Gasteiger charge is -2.40. The van der Waals surface area contributed by atoms with Crippen LogP contribution in [0.1, 0.15) is 38.8 Å². The largest absolute Gasteiger partial charge is 0.383 e. The molecule has 2 aromatic rings. The first-order valence-electron chi connectivity index (χ1n) is 7.95. The topological polar surface area (TPSA) is 36.4 Å². The molecule has 0 radical (unpaired) electrons. The molecule has 1 aliphatic heterocycles. The quantitative estimate of drug-likeness (QED) is 0.939. The highest BCUT2D eigenvalue weighted by Crippen LogP contribution is 2.36. The molecule has 3 heteroatoms. The molecule has 0 amide bonds. The summed E-state index contributed by atoms with van der Waals surface area (Å²) in [7, 11) is 0. The summed E-state index contributed by atoms with van der Waals surface area (Å²) in [5.74, 6) is 0. The molecule has 1 N–H and O–H groups in total. The Morgan fingerprint density at radius 2 is 1.95 bits per heavy atom. The maximum Gasteiger partial charge on any atom is 0.110 e. The van der Waals surface area contributed by atoms with Gasteiger partial charge in [0, 0.05) is 30.7 Å². The lowest BCUT2D eigenvalue weighted by atomic mass is 9.85. The van der Waals surface area contributed by atoms with Crippen molar-refractivity contribution in [3.8, 4) is 0 Å². The van der Waals surface area contributed by atoms with E-state index in [9.17, 15) is 5.11 Å². The standard InChI is InChI=1S/C18H24N2O/c1-3-14(2)20-12-9-18(21,10-13-20)17-16-7-5-4-6-15(16)8-11-19-17/h4-8,11,14,21H,3,9-10,12-13H2,1-2H3. The minimum absolute atomic E-state index is 0.593. The first-order chi connectivity index (χ1) is 10.1. The van der Waals surface area contributed by atoms with E-state index < -0.39 is 5.60 Å². The number of aromatic nitrogens is 1. The molecule has 0 spiro atoms. The second-order valence-corrected chi connectivity index (χ2v) is 6.21. The van der Waals surface area contributed by atoms with E-state index in [0.717, 1.165) is 48.8 Å². The highest BCUT2D eigenvalue weighted by Gasteiger charge is 2.37. The summed E-state index contributed by atoms with van der Waals surface area (Å²) in [6, 6.07) is 10.8. The fraction of sp³-hybridized carbons (Fsp3) is 0.500. The third-order valence-electron chi connectivity index (χ3n) is 4.95. The molecule has 1 aliphatic rings. The van der Waals surface area contributed by atoms with Crippen molar-refractivity contribution < 1.29 is 5.11 Å². The van der Waals surface area contributed by atoms with Gasteiger partial charge in [-0.15, -0.1) is 0 Å². The van der Waals surface area contributed by atoms with Crippen molar-refractivity contribution in [2.45, 2.75) is 44.8 Å². The van der Waals surface area contributed by atoms with Crippen LogP contribution >= 0.6 is 0 Å². The van der Waals surface area contributed by atoms with Crippen LogP contribution in [0, 0.1) is 0 Å². The summed E-state index contributed by atoms with van der Waals surface area (Å²) in [4.78, 5) is 7.00. The second-order valence-electron chi connectivity index (χ2n) is 6.21. The molecule has 2 heterocycles. The van der Waals surface area contributed by atoms with Crippen molar-refractivity contribution in [2.75, 3.05) is 13.1 Å². The monoisotopic (exact) mass is 284 g/mol. The fourth-order valence-corrected chi connectivity index (χ4v) is 3.32. The van der Waals surface area contributed by atoms with Gasteiger partial charge >= 0.3 is 0 Å². The van der Waals surface area contributed by atoms with E-state index in [1.165, 1.54) is 0 Å². The maximum atomic E-state index is 11.1. The van der Waals surface area contributed by atoms with E-state index in [1.807, 2.05) is 24.4 Å². The number of benzene rings is 1. The Morgan fingerprint density at radius 3 is 2.67 bits per heavy atom. The van der Waals surface area contributed by atoms with Gasteiger partial charge in [-0.3, -0.25) is 4.98 Å². The molecular formula is C18H24N2O. The third-order valence-corrected chi connectivity index (χ3v) is 4.95. The fourth-order valence-electron chi connectivity index (χ4n) is 3.32. The maximum absolute atomic E-state index is 11.1. The normalized spacial score (nSPS) is 20.5. The van der Waals surface area contributed by atoms with Crippen molar-refractivity contribution in [2.24, 2.45) is 0 Å². The van der Waals surface area contributed by atoms with Gasteiger partial charge in [0.1, 0.15) is 5.60 Å². The number of likely N-dealkylation sites (tertiary alicyclic amines) is 1. The summed E-state index contributed by atoms with van der Waals surface area (Å²) in [6.07, 6.45) is 4.50. The summed E-state index contributed by atoms with van der Waals surface area (Å²) in [6.45, 7) is 6.37. The first-order valence-corrected chi connectivity index (χ1v) is 7.95. The van der Waals surface area contributed by atoms with Crippen LogP contribution in [0.3, 0.4) is 0 Å². The van der Waals surface area contributed by atoms with Gasteiger partial charge in [0.2, 0.25) is 0 Å². The number of piperidine rings is 1. The Kier molecular flexibility index (Phi) is 3.96. The van der Waals surface area contributed by atoms with E-state index in [1.54, 1.807) is 0 Å². The van der Waals surface area contributed by atoms with Crippen molar-refractivity contribution in [3.63, 3.8) is 0 Å². The summed E-state index contributed by atoms with van der Waals surface area (Å²) in [5.41, 5.74) is 0.0644. The second kappa shape index (κ2) is 5.74. The number of hydrogen-bond acceptors (Lipinski definition) is 3. The van der Waals surface area contributed by atoms with Crippen LogP contribution in [-0.4, -0.2) is 34.1 Å². The molecule has 0 saturated carbocycles. The van der Waals surface area contributed by atoms with E-state index in [-0.39, 0.29) is 0 Å². The zero-order valence-electron chi connectivity index (χ0n) is 12.9. The van der Waals surface area contributed by atoms with E-state index in [2.05, 4.69) is 35.9 Å². The number of aliphatic hydroxyl groups is 1. The minimum Gasteiger partial charge on any atom is -0.383 e. The van der Waals surface area contributed by atoms with Crippen molar-refractivity contribution in [3.05, 3.63) is 42.2 Å². The molecule has 1 atom stereocenters. The van der Waals surface area contributed by atoms with Crippen LogP contribution in [-0.2, 0) is 5.60 Å². The van der Waals surface area contributed by atoms with Gasteiger partial charge in [-0.2, -0.15) is 0 Å². The number of pyridine rings is 1. The van der Waals surface area contributed by atoms with Crippen LogP contribution in [0.4, 0.5) is 0 Å². The summed E-state index contributed by atoms with van der Waals surface area (Å²) < 4.78 is 0. The lowest BCUT2D eigenvalue weighted by molar-refractivity contribution is -0.0362. The zero-order valence-corrected chi connectivity index (χ0v) is 12.9. The van der Waals surface area contributed by atoms with E-state index in [0.29, 0.717) is 6.04 Å². The van der Waals surface area contributed by atoms with E-state index >= 15 is 0 Å². The van der Waals surface area contributed by atoms with Crippen LogP contribution in [0.25, 0.3) is 10.8 Å². The van der Waals surface area contributed by atoms with Crippen LogP contribution in [0.15, 0.2) is 36.5 Å². The molecule has 112 valence electrons. The predicted octanol–water partition coefficient (Wildman–Crippen LogP) is 3.32. The average Bonchev–Trinajstić information content (AvgIpc) is 2.54. The highest BCUT2D eigenvalue weighted by atomic mass is 16.3. The minimum atomic E-state index is -0.787. The molecule has 1 unspecified atom stereocenters. The highest BCUT2D eigenvalue weighted by molar-refractivity contribution is 5.85. The SMILES string of the molecule is CCC(C)N1CCC(O)(c2nccc3ccccc23)CC1. The molecule has 1 saturated heterocycles. The molecule has 3 nitrogen and oxygen atoms in total. The Labute approximate surface area is 126 Å². The molecule has 1 aromatic carbocycles. The molecule has 1 fully saturated rings. The lowest BCUT2D eigenvalue weighted by Crippen LogP contribution is -2.46. The van der Waals surface area contributed by atoms with Gasteiger partial charge in [0.25, 0.3) is 0 Å². The Hall–Kier alpha value is -1.45. The summed E-state index contributed by atoms with van der Waals surface area (Å²) in [5, 5.41) is 13.4. The number of fused-ring (bicyclic) bond motifs is 1. The molecule has 0 bridgehead atoms. The number of nitrogens with zero attached hydrogens (tertiary/aromatic N) is 2. The molecule has 3 rings (SSSR count). The Morgan fingerprint density at radius 1 is 1.24 bits per heavy atom. The third kappa shape index (κ3) is 2.68.